The van der Waals surface area contributed by atoms with Gasteiger partial charge in [0.05, 0.1) is 13.2 Å². The van der Waals surface area contributed by atoms with Gasteiger partial charge in [-0.05, 0) is 55.2 Å². The van der Waals surface area contributed by atoms with Crippen molar-refractivity contribution in [2.45, 2.75) is 38.3 Å². The van der Waals surface area contributed by atoms with Crippen molar-refractivity contribution in [3.8, 4) is 0 Å². The van der Waals surface area contributed by atoms with Crippen LogP contribution in [0.2, 0.25) is 0 Å². The molecule has 4 heteroatoms. The molecule has 1 saturated carbocycles. The van der Waals surface area contributed by atoms with Gasteiger partial charge in [-0.3, -0.25) is 9.80 Å². The Balaban J connectivity index is 1.24. The highest BCUT2D eigenvalue weighted by Gasteiger charge is 2.37. The van der Waals surface area contributed by atoms with Gasteiger partial charge in [0, 0.05) is 57.5 Å². The van der Waals surface area contributed by atoms with E-state index in [-0.39, 0.29) is 0 Å². The van der Waals surface area contributed by atoms with Crippen LogP contribution >= 0.6 is 0 Å². The van der Waals surface area contributed by atoms with E-state index in [9.17, 15) is 0 Å². The summed E-state index contributed by atoms with van der Waals surface area (Å²) in [4.78, 5) is 8.06. The molecule has 4 nitrogen and oxygen atoms in total. The minimum atomic E-state index is 0.803. The van der Waals surface area contributed by atoms with Gasteiger partial charge in [0.15, 0.2) is 0 Å². The zero-order valence-corrected chi connectivity index (χ0v) is 16.0. The molecule has 0 aromatic heterocycles. The summed E-state index contributed by atoms with van der Waals surface area (Å²) in [5.41, 5.74) is 2.85. The van der Waals surface area contributed by atoms with Gasteiger partial charge >= 0.3 is 0 Å². The summed E-state index contributed by atoms with van der Waals surface area (Å²) < 4.78 is 5.50. The molecule has 5 aliphatic rings. The molecule has 0 N–H and O–H groups in total. The topological polar surface area (TPSA) is 19.0 Å². The van der Waals surface area contributed by atoms with Crippen LogP contribution in [0.3, 0.4) is 0 Å². The number of fused-ring (bicyclic) bond motifs is 4. The van der Waals surface area contributed by atoms with Crippen molar-refractivity contribution in [2.75, 3.05) is 57.4 Å². The number of piperidine rings is 1. The molecule has 26 heavy (non-hydrogen) atoms. The van der Waals surface area contributed by atoms with E-state index in [0.29, 0.717) is 0 Å². The van der Waals surface area contributed by atoms with Crippen LogP contribution in [0.15, 0.2) is 24.3 Å². The predicted octanol–water partition coefficient (Wildman–Crippen LogP) is 2.83. The second-order valence-electron chi connectivity index (χ2n) is 8.96. The van der Waals surface area contributed by atoms with Gasteiger partial charge < -0.3 is 9.64 Å². The fourth-order valence-electron chi connectivity index (χ4n) is 5.19. The Morgan fingerprint density at radius 2 is 1.85 bits per heavy atom. The summed E-state index contributed by atoms with van der Waals surface area (Å²) in [5.74, 6) is 1.91. The highest BCUT2D eigenvalue weighted by Crippen LogP contribution is 2.35. The first-order valence-electron chi connectivity index (χ1n) is 10.7. The van der Waals surface area contributed by atoms with Gasteiger partial charge in [-0.1, -0.05) is 12.1 Å². The van der Waals surface area contributed by atoms with E-state index in [1.807, 2.05) is 0 Å². The molecule has 142 valence electrons. The SMILES string of the molecule is c1cc(CN2C[C@H]3CC[C@@H](C2)N(CC2CC2)C3)cc(N2CCOCC2)c1. The molecule has 0 radical (unpaired) electrons. The normalized spacial score (nSPS) is 30.5. The summed E-state index contributed by atoms with van der Waals surface area (Å²) in [5, 5.41) is 0. The summed E-state index contributed by atoms with van der Waals surface area (Å²) in [6, 6.07) is 10.0. The van der Waals surface area contributed by atoms with Crippen molar-refractivity contribution in [1.82, 2.24) is 9.80 Å². The molecule has 1 aromatic carbocycles. The smallest absolute Gasteiger partial charge is 0.0642 e. The Labute approximate surface area is 158 Å². The monoisotopic (exact) mass is 355 g/mol. The van der Waals surface area contributed by atoms with Gasteiger partial charge in [-0.15, -0.1) is 0 Å². The van der Waals surface area contributed by atoms with Crippen LogP contribution in [0.25, 0.3) is 0 Å². The van der Waals surface area contributed by atoms with E-state index in [1.165, 1.54) is 63.1 Å². The Morgan fingerprint density at radius 1 is 0.962 bits per heavy atom. The number of rotatable bonds is 5. The predicted molar refractivity (Wildman–Crippen MR) is 106 cm³/mol. The van der Waals surface area contributed by atoms with Crippen LogP contribution in [-0.2, 0) is 11.3 Å². The molecule has 2 bridgehead atoms. The maximum absolute atomic E-state index is 5.50. The number of hydrogen-bond donors (Lipinski definition) is 0. The van der Waals surface area contributed by atoms with Gasteiger partial charge in [0.1, 0.15) is 0 Å². The lowest BCUT2D eigenvalue weighted by Gasteiger charge is -2.36. The molecule has 6 rings (SSSR count). The minimum Gasteiger partial charge on any atom is -0.378 e. The molecule has 0 unspecified atom stereocenters. The second kappa shape index (κ2) is 7.49. The van der Waals surface area contributed by atoms with Crippen molar-refractivity contribution >= 4 is 5.69 Å². The minimum absolute atomic E-state index is 0.803. The molecule has 1 aliphatic carbocycles. The lowest BCUT2D eigenvalue weighted by molar-refractivity contribution is 0.122. The molecule has 1 aromatic rings. The maximum Gasteiger partial charge on any atom is 0.0642 e. The van der Waals surface area contributed by atoms with E-state index in [1.54, 1.807) is 0 Å². The van der Waals surface area contributed by atoms with Crippen LogP contribution in [0, 0.1) is 11.8 Å². The van der Waals surface area contributed by atoms with E-state index in [0.717, 1.165) is 50.7 Å². The van der Waals surface area contributed by atoms with Crippen molar-refractivity contribution in [1.29, 1.82) is 0 Å². The van der Waals surface area contributed by atoms with Crippen LogP contribution < -0.4 is 4.90 Å². The second-order valence-corrected chi connectivity index (χ2v) is 8.96. The summed E-state index contributed by atoms with van der Waals surface area (Å²) in [6.07, 6.45) is 5.82. The molecule has 5 fully saturated rings. The zero-order valence-electron chi connectivity index (χ0n) is 16.0. The number of anilines is 1. The van der Waals surface area contributed by atoms with Crippen molar-refractivity contribution in [2.24, 2.45) is 11.8 Å². The van der Waals surface area contributed by atoms with E-state index < -0.39 is 0 Å². The lowest BCUT2D eigenvalue weighted by Crippen LogP contribution is -2.44. The number of nitrogens with zero attached hydrogens (tertiary/aromatic N) is 3. The van der Waals surface area contributed by atoms with Crippen LogP contribution in [-0.4, -0.2) is 68.3 Å². The first kappa shape index (κ1) is 17.0. The Hall–Kier alpha value is -1.10. The van der Waals surface area contributed by atoms with Crippen molar-refractivity contribution in [3.63, 3.8) is 0 Å². The van der Waals surface area contributed by atoms with Crippen molar-refractivity contribution < 1.29 is 4.74 Å². The molecule has 4 saturated heterocycles. The number of ether oxygens (including phenoxy) is 1. The highest BCUT2D eigenvalue weighted by atomic mass is 16.5. The standard InChI is InChI=1S/C22H33N3O/c1-2-19(12-21(3-1)24-8-10-26-11-9-24)13-23-14-20-6-7-22(17-23)25(16-20)15-18-4-5-18/h1-3,12,18,20,22H,4-11,13-17H2/t20-,22+/m1/s1. The zero-order chi connectivity index (χ0) is 17.3. The Bertz CT molecular complexity index is 611. The molecular formula is C22H33N3O. The van der Waals surface area contributed by atoms with Crippen LogP contribution in [0.4, 0.5) is 5.69 Å². The summed E-state index contributed by atoms with van der Waals surface area (Å²) in [6.45, 7) is 10.2. The molecule has 0 amide bonds. The van der Waals surface area contributed by atoms with Gasteiger partial charge in [-0.25, -0.2) is 0 Å². The molecule has 0 spiro atoms. The molecule has 2 atom stereocenters. The maximum atomic E-state index is 5.50. The molecule has 4 aliphatic heterocycles. The highest BCUT2D eigenvalue weighted by molar-refractivity contribution is 5.48. The third-order valence-electron chi connectivity index (χ3n) is 6.79. The van der Waals surface area contributed by atoms with Crippen LogP contribution in [0.5, 0.6) is 0 Å². The summed E-state index contributed by atoms with van der Waals surface area (Å²) >= 11 is 0. The van der Waals surface area contributed by atoms with Gasteiger partial charge in [0.2, 0.25) is 0 Å². The number of benzene rings is 1. The third-order valence-corrected chi connectivity index (χ3v) is 6.79. The van der Waals surface area contributed by atoms with Gasteiger partial charge in [0.25, 0.3) is 0 Å². The average molecular weight is 356 g/mol. The van der Waals surface area contributed by atoms with Gasteiger partial charge in [-0.2, -0.15) is 0 Å². The summed E-state index contributed by atoms with van der Waals surface area (Å²) in [7, 11) is 0. The van der Waals surface area contributed by atoms with Crippen molar-refractivity contribution in [3.05, 3.63) is 29.8 Å². The van der Waals surface area contributed by atoms with E-state index in [2.05, 4.69) is 39.0 Å². The Morgan fingerprint density at radius 3 is 2.69 bits per heavy atom. The largest absolute Gasteiger partial charge is 0.378 e. The number of morpholine rings is 1. The first-order valence-corrected chi connectivity index (χ1v) is 10.7. The fraction of sp³-hybridized carbons (Fsp3) is 0.727. The molecular weight excluding hydrogens is 322 g/mol. The quantitative estimate of drug-likeness (QED) is 0.808. The van der Waals surface area contributed by atoms with Crippen LogP contribution in [0.1, 0.15) is 31.2 Å². The first-order chi connectivity index (χ1) is 12.8. The van der Waals surface area contributed by atoms with E-state index >= 15 is 0 Å². The Kier molecular flexibility index (Phi) is 4.91. The average Bonchev–Trinajstić information content (AvgIpc) is 3.51. The lowest BCUT2D eigenvalue weighted by atomic mass is 9.95. The fourth-order valence-corrected chi connectivity index (χ4v) is 5.19. The van der Waals surface area contributed by atoms with E-state index in [4.69, 9.17) is 4.74 Å². The third kappa shape index (κ3) is 3.92. The molecule has 4 heterocycles. The number of hydrogen-bond acceptors (Lipinski definition) is 4.